The van der Waals surface area contributed by atoms with Crippen LogP contribution in [-0.2, 0) is 25.8 Å². The van der Waals surface area contributed by atoms with Gasteiger partial charge in [-0.2, -0.15) is 0 Å². The third-order valence-corrected chi connectivity index (χ3v) is 6.44. The zero-order valence-electron chi connectivity index (χ0n) is 16.6. The molecule has 0 radical (unpaired) electrons. The van der Waals surface area contributed by atoms with Gasteiger partial charge in [0, 0.05) is 55.5 Å². The van der Waals surface area contributed by atoms with Crippen LogP contribution < -0.4 is 0 Å². The van der Waals surface area contributed by atoms with Crippen LogP contribution in [-0.4, -0.2) is 51.0 Å². The molecule has 2 aromatic heterocycles. The lowest BCUT2D eigenvalue weighted by Gasteiger charge is -2.27. The molecule has 1 saturated heterocycles. The standard InChI is InChI=1S/C21H27N5O2/c1-13-5-6-18-15(10-13)19(24-28-18)21(27)26-8-3-4-17(26)20-22-11-14-12-25(2)9-7-16(14)23-20/h11,13,17H,3-10,12H2,1-2H3/t13-,17-/m0/s1. The number of aryl methyl sites for hydroxylation is 1. The molecule has 2 aliphatic heterocycles. The third kappa shape index (κ3) is 3.02. The molecule has 1 amide bonds. The predicted octanol–water partition coefficient (Wildman–Crippen LogP) is 2.55. The van der Waals surface area contributed by atoms with Gasteiger partial charge in [0.2, 0.25) is 0 Å². The van der Waals surface area contributed by atoms with Crippen LogP contribution in [0.1, 0.15) is 71.1 Å². The Balaban J connectivity index is 1.42. The number of hydrogen-bond donors (Lipinski definition) is 0. The number of likely N-dealkylation sites (N-methyl/N-ethyl adjacent to an activating group) is 1. The van der Waals surface area contributed by atoms with Crippen molar-refractivity contribution in [3.8, 4) is 0 Å². The van der Waals surface area contributed by atoms with Crippen molar-refractivity contribution < 1.29 is 9.32 Å². The van der Waals surface area contributed by atoms with Crippen LogP contribution in [0.15, 0.2) is 10.7 Å². The van der Waals surface area contributed by atoms with Crippen LogP contribution in [0.3, 0.4) is 0 Å². The van der Waals surface area contributed by atoms with Gasteiger partial charge in [-0.25, -0.2) is 9.97 Å². The lowest BCUT2D eigenvalue weighted by Crippen LogP contribution is -2.33. The second kappa shape index (κ2) is 6.95. The highest BCUT2D eigenvalue weighted by atomic mass is 16.5. The summed E-state index contributed by atoms with van der Waals surface area (Å²) in [6.45, 7) is 4.86. The van der Waals surface area contributed by atoms with E-state index in [1.807, 2.05) is 11.1 Å². The van der Waals surface area contributed by atoms with Gasteiger partial charge in [0.1, 0.15) is 5.76 Å². The van der Waals surface area contributed by atoms with Crippen molar-refractivity contribution in [2.24, 2.45) is 5.92 Å². The summed E-state index contributed by atoms with van der Waals surface area (Å²) in [5, 5.41) is 4.17. The maximum atomic E-state index is 13.3. The summed E-state index contributed by atoms with van der Waals surface area (Å²) in [6, 6.07) is -0.0641. The van der Waals surface area contributed by atoms with Crippen molar-refractivity contribution >= 4 is 5.91 Å². The SMILES string of the molecule is C[C@H]1CCc2onc(C(=O)N3CCC[C@H]3c3ncc4c(n3)CCN(C)C4)c2C1. The molecule has 2 aromatic rings. The number of carbonyl (C=O) groups is 1. The maximum Gasteiger partial charge on any atom is 0.276 e. The molecule has 2 atom stereocenters. The van der Waals surface area contributed by atoms with Gasteiger partial charge in [0.05, 0.1) is 6.04 Å². The molecule has 0 N–H and O–H groups in total. The Kier molecular flexibility index (Phi) is 4.42. The zero-order valence-corrected chi connectivity index (χ0v) is 16.6. The lowest BCUT2D eigenvalue weighted by molar-refractivity contribution is 0.0718. The fourth-order valence-corrected chi connectivity index (χ4v) is 4.79. The summed E-state index contributed by atoms with van der Waals surface area (Å²) in [6.07, 6.45) is 7.62. The van der Waals surface area contributed by atoms with Gasteiger partial charge in [-0.1, -0.05) is 12.1 Å². The molecule has 7 nitrogen and oxygen atoms in total. The van der Waals surface area contributed by atoms with E-state index in [0.717, 1.165) is 81.0 Å². The van der Waals surface area contributed by atoms with E-state index in [-0.39, 0.29) is 11.9 Å². The molecule has 0 bridgehead atoms. The largest absolute Gasteiger partial charge is 0.360 e. The van der Waals surface area contributed by atoms with E-state index in [4.69, 9.17) is 9.51 Å². The molecule has 1 aliphatic carbocycles. The van der Waals surface area contributed by atoms with E-state index in [2.05, 4.69) is 29.0 Å². The summed E-state index contributed by atoms with van der Waals surface area (Å²) in [7, 11) is 2.12. The van der Waals surface area contributed by atoms with Crippen LogP contribution in [0.5, 0.6) is 0 Å². The average Bonchev–Trinajstić information content (AvgIpc) is 3.34. The number of fused-ring (bicyclic) bond motifs is 2. The molecule has 148 valence electrons. The number of carbonyl (C=O) groups excluding carboxylic acids is 1. The van der Waals surface area contributed by atoms with Crippen molar-refractivity contribution in [2.75, 3.05) is 20.1 Å². The molecule has 5 rings (SSSR count). The van der Waals surface area contributed by atoms with Crippen molar-refractivity contribution in [1.29, 1.82) is 0 Å². The zero-order chi connectivity index (χ0) is 19.3. The second-order valence-corrected chi connectivity index (χ2v) is 8.63. The number of rotatable bonds is 2. The molecule has 4 heterocycles. The Hall–Kier alpha value is -2.28. The Bertz CT molecular complexity index is 908. The van der Waals surface area contributed by atoms with Crippen LogP contribution in [0.25, 0.3) is 0 Å². The van der Waals surface area contributed by atoms with Crippen LogP contribution in [0, 0.1) is 5.92 Å². The van der Waals surface area contributed by atoms with Gasteiger partial charge in [0.25, 0.3) is 5.91 Å². The van der Waals surface area contributed by atoms with E-state index in [0.29, 0.717) is 11.6 Å². The first-order valence-electron chi connectivity index (χ1n) is 10.4. The highest BCUT2D eigenvalue weighted by Gasteiger charge is 2.37. The molecule has 0 unspecified atom stereocenters. The normalized spacial score (nSPS) is 24.9. The van der Waals surface area contributed by atoms with Crippen LogP contribution >= 0.6 is 0 Å². The molecule has 0 saturated carbocycles. The van der Waals surface area contributed by atoms with Gasteiger partial charge in [-0.3, -0.25) is 4.79 Å². The quantitative estimate of drug-likeness (QED) is 0.796. The molecular formula is C21H27N5O2. The maximum absolute atomic E-state index is 13.3. The topological polar surface area (TPSA) is 75.4 Å². The molecule has 0 aromatic carbocycles. The van der Waals surface area contributed by atoms with Crippen molar-refractivity contribution in [3.63, 3.8) is 0 Å². The van der Waals surface area contributed by atoms with E-state index >= 15 is 0 Å². The number of amides is 1. The van der Waals surface area contributed by atoms with Gasteiger partial charge in [-0.05, 0) is 38.6 Å². The minimum absolute atomic E-state index is 0.0253. The fraction of sp³-hybridized carbons (Fsp3) is 0.619. The minimum Gasteiger partial charge on any atom is -0.360 e. The molecule has 3 aliphatic rings. The summed E-state index contributed by atoms with van der Waals surface area (Å²) in [4.78, 5) is 27.1. The first-order valence-corrected chi connectivity index (χ1v) is 10.4. The van der Waals surface area contributed by atoms with Gasteiger partial charge >= 0.3 is 0 Å². The third-order valence-electron chi connectivity index (χ3n) is 6.44. The van der Waals surface area contributed by atoms with Crippen LogP contribution in [0.2, 0.25) is 0 Å². The minimum atomic E-state index is -0.0641. The average molecular weight is 381 g/mol. The molecule has 28 heavy (non-hydrogen) atoms. The second-order valence-electron chi connectivity index (χ2n) is 8.63. The molecule has 0 spiro atoms. The van der Waals surface area contributed by atoms with Crippen LogP contribution in [0.4, 0.5) is 0 Å². The van der Waals surface area contributed by atoms with Crippen molar-refractivity contribution in [1.82, 2.24) is 24.9 Å². The predicted molar refractivity (Wildman–Crippen MR) is 103 cm³/mol. The van der Waals surface area contributed by atoms with Gasteiger partial charge in [-0.15, -0.1) is 0 Å². The highest BCUT2D eigenvalue weighted by molar-refractivity contribution is 5.94. The Labute approximate surface area is 165 Å². The smallest absolute Gasteiger partial charge is 0.276 e. The fourth-order valence-electron chi connectivity index (χ4n) is 4.79. The molecule has 1 fully saturated rings. The summed E-state index contributed by atoms with van der Waals surface area (Å²) >= 11 is 0. The Morgan fingerprint density at radius 3 is 3.04 bits per heavy atom. The summed E-state index contributed by atoms with van der Waals surface area (Å²) in [5.41, 5.74) is 3.86. The Morgan fingerprint density at radius 2 is 2.14 bits per heavy atom. The van der Waals surface area contributed by atoms with Crippen molar-refractivity contribution in [3.05, 3.63) is 40.3 Å². The number of hydrogen-bond acceptors (Lipinski definition) is 6. The van der Waals surface area contributed by atoms with E-state index < -0.39 is 0 Å². The van der Waals surface area contributed by atoms with Crippen molar-refractivity contribution in [2.45, 2.75) is 58.0 Å². The highest BCUT2D eigenvalue weighted by Crippen LogP contribution is 2.34. The lowest BCUT2D eigenvalue weighted by atomic mass is 9.88. The first kappa shape index (κ1) is 17.8. The molecular weight excluding hydrogens is 354 g/mol. The monoisotopic (exact) mass is 381 g/mol. The summed E-state index contributed by atoms with van der Waals surface area (Å²) < 4.78 is 5.51. The number of likely N-dealkylation sites (tertiary alicyclic amines) is 1. The first-order chi connectivity index (χ1) is 13.6. The van der Waals surface area contributed by atoms with Gasteiger partial charge < -0.3 is 14.3 Å². The van der Waals surface area contributed by atoms with Gasteiger partial charge in [0.15, 0.2) is 11.5 Å². The van der Waals surface area contributed by atoms with E-state index in [1.54, 1.807) is 0 Å². The molecule has 7 heteroatoms. The Morgan fingerprint density at radius 1 is 1.25 bits per heavy atom. The number of nitrogens with zero attached hydrogens (tertiary/aromatic N) is 5. The van der Waals surface area contributed by atoms with E-state index in [9.17, 15) is 4.79 Å². The summed E-state index contributed by atoms with van der Waals surface area (Å²) in [5.74, 6) is 2.21. The van der Waals surface area contributed by atoms with E-state index in [1.165, 1.54) is 5.56 Å². The number of aromatic nitrogens is 3.